The number of nitrogens with zero attached hydrogens (tertiary/aromatic N) is 2. The Hall–Kier alpha value is -1.88. The van der Waals surface area contributed by atoms with Crippen LogP contribution in [0.5, 0.6) is 5.75 Å². The quantitative estimate of drug-likeness (QED) is 0.842. The van der Waals surface area contributed by atoms with Gasteiger partial charge in [-0.1, -0.05) is 17.7 Å². The molecule has 19 heavy (non-hydrogen) atoms. The smallest absolute Gasteiger partial charge is 0.260 e. The molecule has 0 radical (unpaired) electrons. The second-order valence-corrected chi connectivity index (χ2v) is 5.26. The van der Waals surface area contributed by atoms with E-state index in [-0.39, 0.29) is 12.5 Å². The van der Waals surface area contributed by atoms with E-state index in [9.17, 15) is 4.79 Å². The Bertz CT molecular complexity index is 523. The van der Waals surface area contributed by atoms with Crippen LogP contribution in [0.3, 0.4) is 0 Å². The molecule has 0 aliphatic carbocycles. The summed E-state index contributed by atoms with van der Waals surface area (Å²) in [4.78, 5) is 17.7. The van der Waals surface area contributed by atoms with E-state index in [2.05, 4.69) is 4.98 Å². The van der Waals surface area contributed by atoms with Crippen LogP contribution in [-0.4, -0.2) is 29.4 Å². The van der Waals surface area contributed by atoms with Gasteiger partial charge in [0.25, 0.3) is 5.91 Å². The lowest BCUT2D eigenvalue weighted by atomic mass is 10.2. The molecular formula is C14H16N2O2S. The molecule has 0 spiro atoms. The van der Waals surface area contributed by atoms with Crippen molar-refractivity contribution in [2.75, 3.05) is 13.7 Å². The molecule has 1 heterocycles. The highest BCUT2D eigenvalue weighted by Crippen LogP contribution is 2.12. The summed E-state index contributed by atoms with van der Waals surface area (Å²) in [5.41, 5.74) is 1.17. The first-order chi connectivity index (χ1) is 9.15. The number of carbonyl (C=O) groups excluding carboxylic acids is 1. The lowest BCUT2D eigenvalue weighted by molar-refractivity contribution is -0.132. The lowest BCUT2D eigenvalue weighted by Crippen LogP contribution is -2.30. The largest absolute Gasteiger partial charge is 0.484 e. The van der Waals surface area contributed by atoms with Crippen LogP contribution >= 0.6 is 11.3 Å². The summed E-state index contributed by atoms with van der Waals surface area (Å²) in [6.45, 7) is 2.58. The number of benzene rings is 1. The number of hydrogen-bond donors (Lipinski definition) is 0. The van der Waals surface area contributed by atoms with Gasteiger partial charge >= 0.3 is 0 Å². The predicted octanol–water partition coefficient (Wildman–Crippen LogP) is 2.49. The van der Waals surface area contributed by atoms with Crippen LogP contribution in [0.15, 0.2) is 35.8 Å². The molecule has 4 nitrogen and oxygen atoms in total. The van der Waals surface area contributed by atoms with Crippen LogP contribution in [0.4, 0.5) is 0 Å². The van der Waals surface area contributed by atoms with Crippen molar-refractivity contribution in [1.82, 2.24) is 9.88 Å². The number of ether oxygens (including phenoxy) is 1. The summed E-state index contributed by atoms with van der Waals surface area (Å²) in [6, 6.07) is 7.64. The van der Waals surface area contributed by atoms with Crippen molar-refractivity contribution in [2.24, 2.45) is 0 Å². The third kappa shape index (κ3) is 4.06. The van der Waals surface area contributed by atoms with Crippen molar-refractivity contribution < 1.29 is 9.53 Å². The molecule has 0 bridgehead atoms. The van der Waals surface area contributed by atoms with Gasteiger partial charge in [-0.3, -0.25) is 4.79 Å². The molecule has 0 N–H and O–H groups in total. The monoisotopic (exact) mass is 276 g/mol. The summed E-state index contributed by atoms with van der Waals surface area (Å²) in [5.74, 6) is 0.650. The van der Waals surface area contributed by atoms with E-state index in [1.165, 1.54) is 16.9 Å². The Balaban J connectivity index is 1.82. The Labute approximate surface area is 116 Å². The van der Waals surface area contributed by atoms with Crippen molar-refractivity contribution in [3.63, 3.8) is 0 Å². The zero-order valence-electron chi connectivity index (χ0n) is 11.0. The normalized spacial score (nSPS) is 10.2. The first kappa shape index (κ1) is 13.5. The Morgan fingerprint density at radius 2 is 2.11 bits per heavy atom. The van der Waals surface area contributed by atoms with E-state index in [1.807, 2.05) is 36.6 Å². The molecule has 0 atom stereocenters. The minimum atomic E-state index is -0.0595. The summed E-state index contributed by atoms with van der Waals surface area (Å²) in [7, 11) is 1.75. The highest BCUT2D eigenvalue weighted by Gasteiger charge is 2.11. The lowest BCUT2D eigenvalue weighted by Gasteiger charge is -2.16. The summed E-state index contributed by atoms with van der Waals surface area (Å²) in [5, 5.41) is 2.82. The number of likely N-dealkylation sites (N-methyl/N-ethyl adjacent to an activating group) is 1. The van der Waals surface area contributed by atoms with Gasteiger partial charge in [0.2, 0.25) is 0 Å². The van der Waals surface area contributed by atoms with E-state index in [0.717, 1.165) is 5.01 Å². The molecule has 1 aromatic carbocycles. The molecule has 0 saturated carbocycles. The van der Waals surface area contributed by atoms with Gasteiger partial charge in [-0.25, -0.2) is 4.98 Å². The van der Waals surface area contributed by atoms with Crippen LogP contribution in [-0.2, 0) is 11.3 Å². The number of thiazole rings is 1. The van der Waals surface area contributed by atoms with Crippen LogP contribution in [0.25, 0.3) is 0 Å². The number of aryl methyl sites for hydroxylation is 1. The molecule has 1 amide bonds. The summed E-state index contributed by atoms with van der Waals surface area (Å²) in [6.07, 6.45) is 1.74. The Kier molecular flexibility index (Phi) is 4.52. The van der Waals surface area contributed by atoms with Gasteiger partial charge in [0.1, 0.15) is 10.8 Å². The van der Waals surface area contributed by atoms with E-state index in [4.69, 9.17) is 4.74 Å². The van der Waals surface area contributed by atoms with Crippen molar-refractivity contribution in [3.8, 4) is 5.75 Å². The van der Waals surface area contributed by atoms with E-state index in [0.29, 0.717) is 12.3 Å². The van der Waals surface area contributed by atoms with Crippen molar-refractivity contribution in [3.05, 3.63) is 46.4 Å². The standard InChI is InChI=1S/C14H16N2O2S/c1-11-3-5-12(6-4-11)18-10-14(17)16(2)9-13-15-7-8-19-13/h3-8H,9-10H2,1-2H3. The molecule has 5 heteroatoms. The van der Waals surface area contributed by atoms with Gasteiger partial charge in [-0.2, -0.15) is 0 Å². The molecule has 100 valence electrons. The van der Waals surface area contributed by atoms with E-state index >= 15 is 0 Å². The maximum atomic E-state index is 11.9. The molecule has 2 aromatic rings. The first-order valence-corrected chi connectivity index (χ1v) is 6.85. The Morgan fingerprint density at radius 3 is 2.74 bits per heavy atom. The molecule has 0 aliphatic heterocycles. The van der Waals surface area contributed by atoms with Gasteiger partial charge in [0.15, 0.2) is 6.61 Å². The highest BCUT2D eigenvalue weighted by atomic mass is 32.1. The second kappa shape index (κ2) is 6.33. The fourth-order valence-corrected chi connectivity index (χ4v) is 2.18. The third-order valence-electron chi connectivity index (χ3n) is 2.66. The minimum Gasteiger partial charge on any atom is -0.484 e. The SMILES string of the molecule is Cc1ccc(OCC(=O)N(C)Cc2nccs2)cc1. The van der Waals surface area contributed by atoms with Crippen molar-refractivity contribution >= 4 is 17.2 Å². The number of rotatable bonds is 5. The molecule has 0 fully saturated rings. The average Bonchev–Trinajstić information content (AvgIpc) is 2.90. The highest BCUT2D eigenvalue weighted by molar-refractivity contribution is 7.09. The third-order valence-corrected chi connectivity index (χ3v) is 3.43. The fourth-order valence-electron chi connectivity index (χ4n) is 1.51. The topological polar surface area (TPSA) is 42.4 Å². The minimum absolute atomic E-state index is 0.0466. The maximum Gasteiger partial charge on any atom is 0.260 e. The summed E-state index contributed by atoms with van der Waals surface area (Å²) < 4.78 is 5.45. The maximum absolute atomic E-state index is 11.9. The number of amides is 1. The van der Waals surface area contributed by atoms with Crippen molar-refractivity contribution in [1.29, 1.82) is 0 Å². The molecule has 2 rings (SSSR count). The van der Waals surface area contributed by atoms with Crippen LogP contribution in [0, 0.1) is 6.92 Å². The molecular weight excluding hydrogens is 260 g/mol. The zero-order valence-corrected chi connectivity index (χ0v) is 11.8. The fraction of sp³-hybridized carbons (Fsp3) is 0.286. The van der Waals surface area contributed by atoms with Crippen LogP contribution in [0.1, 0.15) is 10.6 Å². The van der Waals surface area contributed by atoms with Gasteiger partial charge < -0.3 is 9.64 Å². The second-order valence-electron chi connectivity index (χ2n) is 4.28. The van der Waals surface area contributed by atoms with Gasteiger partial charge in [0, 0.05) is 18.6 Å². The molecule has 0 aliphatic rings. The number of aromatic nitrogens is 1. The first-order valence-electron chi connectivity index (χ1n) is 5.97. The molecule has 1 aromatic heterocycles. The van der Waals surface area contributed by atoms with Crippen molar-refractivity contribution in [2.45, 2.75) is 13.5 Å². The Morgan fingerprint density at radius 1 is 1.37 bits per heavy atom. The number of carbonyl (C=O) groups is 1. The average molecular weight is 276 g/mol. The predicted molar refractivity (Wildman–Crippen MR) is 75.3 cm³/mol. The van der Waals surface area contributed by atoms with E-state index < -0.39 is 0 Å². The van der Waals surface area contributed by atoms with Gasteiger partial charge in [-0.15, -0.1) is 11.3 Å². The van der Waals surface area contributed by atoms with Gasteiger partial charge in [0.05, 0.1) is 6.54 Å². The summed E-state index contributed by atoms with van der Waals surface area (Å²) >= 11 is 1.54. The van der Waals surface area contributed by atoms with E-state index in [1.54, 1.807) is 18.1 Å². The van der Waals surface area contributed by atoms with Crippen LogP contribution < -0.4 is 4.74 Å². The molecule has 0 unspecified atom stereocenters. The molecule has 0 saturated heterocycles. The van der Waals surface area contributed by atoms with Gasteiger partial charge in [-0.05, 0) is 19.1 Å². The van der Waals surface area contributed by atoms with Crippen LogP contribution in [0.2, 0.25) is 0 Å². The zero-order chi connectivity index (χ0) is 13.7. The number of hydrogen-bond acceptors (Lipinski definition) is 4.